The summed E-state index contributed by atoms with van der Waals surface area (Å²) in [7, 11) is 1.57. The average molecular weight is 494 g/mol. The van der Waals surface area contributed by atoms with E-state index in [0.717, 1.165) is 28.2 Å². The highest BCUT2D eigenvalue weighted by atomic mass is 16.5. The van der Waals surface area contributed by atoms with E-state index in [0.29, 0.717) is 11.3 Å². The van der Waals surface area contributed by atoms with Crippen molar-refractivity contribution in [1.82, 2.24) is 9.47 Å². The second kappa shape index (κ2) is 9.97. The number of amides is 2. The van der Waals surface area contributed by atoms with Crippen LogP contribution in [0.5, 0.6) is 5.75 Å². The largest absolute Gasteiger partial charge is 0.497 e. The Balaban J connectivity index is 1.56. The van der Waals surface area contributed by atoms with Crippen LogP contribution in [0.4, 0.5) is 5.69 Å². The lowest BCUT2D eigenvalue weighted by molar-refractivity contribution is -0.120. The van der Waals surface area contributed by atoms with Crippen LogP contribution in [0.2, 0.25) is 0 Å². The second-order valence-corrected chi connectivity index (χ2v) is 9.63. The van der Waals surface area contributed by atoms with E-state index in [9.17, 15) is 9.59 Å². The van der Waals surface area contributed by atoms with Crippen molar-refractivity contribution in [3.05, 3.63) is 114 Å². The fraction of sp³-hybridized carbons (Fsp3) is 0.226. The van der Waals surface area contributed by atoms with Gasteiger partial charge in [0, 0.05) is 17.8 Å². The standard InChI is InChI=1S/C31H31N3O3/c1-21(2)33(31(36)24-9-7-10-25(19-24)37-4)20-29(35)34-27-12-6-5-11-26(27)32-18-8-13-28(32)30(34)23-16-14-22(3)15-17-23/h5-19,21,30H,20H2,1-4H3. The van der Waals surface area contributed by atoms with E-state index in [1.807, 2.05) is 55.3 Å². The Labute approximate surface area is 217 Å². The van der Waals surface area contributed by atoms with Gasteiger partial charge in [-0.15, -0.1) is 0 Å². The number of methoxy groups -OCH3 is 1. The van der Waals surface area contributed by atoms with Crippen LogP contribution in [-0.2, 0) is 4.79 Å². The molecule has 2 amide bonds. The summed E-state index contributed by atoms with van der Waals surface area (Å²) in [4.78, 5) is 31.3. The Morgan fingerprint density at radius 3 is 2.35 bits per heavy atom. The summed E-state index contributed by atoms with van der Waals surface area (Å²) in [6, 6.07) is 26.8. The molecular weight excluding hydrogens is 462 g/mol. The Morgan fingerprint density at radius 2 is 1.65 bits per heavy atom. The van der Waals surface area contributed by atoms with Gasteiger partial charge in [-0.25, -0.2) is 0 Å². The molecule has 1 atom stereocenters. The number of para-hydroxylation sites is 2. The van der Waals surface area contributed by atoms with Crippen LogP contribution < -0.4 is 9.64 Å². The van der Waals surface area contributed by atoms with Crippen LogP contribution in [0.25, 0.3) is 5.69 Å². The lowest BCUT2D eigenvalue weighted by Crippen LogP contribution is -2.48. The van der Waals surface area contributed by atoms with Crippen LogP contribution in [-0.4, -0.2) is 41.0 Å². The average Bonchev–Trinajstić information content (AvgIpc) is 3.41. The summed E-state index contributed by atoms with van der Waals surface area (Å²) in [5, 5.41) is 0. The molecule has 1 aromatic heterocycles. The highest BCUT2D eigenvalue weighted by molar-refractivity contribution is 6.02. The number of hydrogen-bond acceptors (Lipinski definition) is 3. The van der Waals surface area contributed by atoms with Gasteiger partial charge >= 0.3 is 0 Å². The number of aromatic nitrogens is 1. The zero-order valence-electron chi connectivity index (χ0n) is 21.6. The van der Waals surface area contributed by atoms with E-state index in [1.165, 1.54) is 0 Å². The molecule has 1 unspecified atom stereocenters. The minimum absolute atomic E-state index is 0.0505. The van der Waals surface area contributed by atoms with Crippen LogP contribution in [0, 0.1) is 6.92 Å². The molecule has 0 fully saturated rings. The van der Waals surface area contributed by atoms with Gasteiger partial charge in [0.25, 0.3) is 5.91 Å². The summed E-state index contributed by atoms with van der Waals surface area (Å²) in [6.45, 7) is 5.86. The van der Waals surface area contributed by atoms with E-state index in [2.05, 4.69) is 41.8 Å². The van der Waals surface area contributed by atoms with Crippen LogP contribution >= 0.6 is 0 Å². The number of ether oxygens (including phenoxy) is 1. The smallest absolute Gasteiger partial charge is 0.254 e. The lowest BCUT2D eigenvalue weighted by Gasteiger charge is -2.40. The molecule has 0 N–H and O–H groups in total. The minimum atomic E-state index is -0.320. The zero-order chi connectivity index (χ0) is 26.1. The van der Waals surface area contributed by atoms with Gasteiger partial charge < -0.3 is 14.2 Å². The topological polar surface area (TPSA) is 54.8 Å². The second-order valence-electron chi connectivity index (χ2n) is 9.63. The third kappa shape index (κ3) is 4.51. The molecule has 0 radical (unpaired) electrons. The highest BCUT2D eigenvalue weighted by Crippen LogP contribution is 2.42. The predicted molar refractivity (Wildman–Crippen MR) is 145 cm³/mol. The van der Waals surface area contributed by atoms with E-state index < -0.39 is 0 Å². The molecule has 0 saturated carbocycles. The van der Waals surface area contributed by atoms with Gasteiger partial charge in [-0.2, -0.15) is 0 Å². The predicted octanol–water partition coefficient (Wildman–Crippen LogP) is 5.78. The number of hydrogen-bond donors (Lipinski definition) is 0. The highest BCUT2D eigenvalue weighted by Gasteiger charge is 2.37. The van der Waals surface area contributed by atoms with Crippen molar-refractivity contribution >= 4 is 17.5 Å². The maximum atomic E-state index is 14.2. The fourth-order valence-electron chi connectivity index (χ4n) is 4.96. The molecule has 5 rings (SSSR count). The van der Waals surface area contributed by atoms with Crippen molar-refractivity contribution in [3.8, 4) is 11.4 Å². The summed E-state index contributed by atoms with van der Waals surface area (Å²) in [5.74, 6) is 0.254. The van der Waals surface area contributed by atoms with Crippen molar-refractivity contribution in [3.63, 3.8) is 0 Å². The molecule has 1 aliphatic heterocycles. The Morgan fingerprint density at radius 1 is 0.919 bits per heavy atom. The Kier molecular flexibility index (Phi) is 6.57. The molecule has 4 aromatic rings. The summed E-state index contributed by atoms with van der Waals surface area (Å²) >= 11 is 0. The number of aryl methyl sites for hydroxylation is 1. The summed E-state index contributed by atoms with van der Waals surface area (Å²) < 4.78 is 7.45. The lowest BCUT2D eigenvalue weighted by atomic mass is 9.97. The molecule has 6 heteroatoms. The molecule has 0 bridgehead atoms. The minimum Gasteiger partial charge on any atom is -0.497 e. The molecule has 188 valence electrons. The van der Waals surface area contributed by atoms with Gasteiger partial charge in [-0.3, -0.25) is 14.5 Å². The first-order valence-electron chi connectivity index (χ1n) is 12.5. The molecule has 0 aliphatic carbocycles. The first kappa shape index (κ1) is 24.4. The van der Waals surface area contributed by atoms with E-state index in [1.54, 1.807) is 36.3 Å². The van der Waals surface area contributed by atoms with Crippen molar-refractivity contribution in [2.24, 2.45) is 0 Å². The van der Waals surface area contributed by atoms with Crippen molar-refractivity contribution in [2.75, 3.05) is 18.6 Å². The number of fused-ring (bicyclic) bond motifs is 3. The summed E-state index contributed by atoms with van der Waals surface area (Å²) in [5.41, 5.74) is 5.43. The van der Waals surface area contributed by atoms with Crippen molar-refractivity contribution < 1.29 is 14.3 Å². The number of benzene rings is 3. The summed E-state index contributed by atoms with van der Waals surface area (Å²) in [6.07, 6.45) is 2.03. The van der Waals surface area contributed by atoms with E-state index in [-0.39, 0.29) is 30.4 Å². The molecule has 0 spiro atoms. The van der Waals surface area contributed by atoms with Gasteiger partial charge in [-0.05, 0) is 68.8 Å². The first-order chi connectivity index (χ1) is 17.9. The van der Waals surface area contributed by atoms with Crippen LogP contribution in [0.1, 0.15) is 47.1 Å². The first-order valence-corrected chi connectivity index (χ1v) is 12.5. The number of anilines is 1. The normalized spacial score (nSPS) is 14.2. The molecule has 37 heavy (non-hydrogen) atoms. The van der Waals surface area contributed by atoms with Crippen molar-refractivity contribution in [1.29, 1.82) is 0 Å². The Bertz CT molecular complexity index is 1440. The number of carbonyl (C=O) groups is 2. The third-order valence-electron chi connectivity index (χ3n) is 6.89. The van der Waals surface area contributed by atoms with E-state index in [4.69, 9.17) is 4.74 Å². The van der Waals surface area contributed by atoms with E-state index >= 15 is 0 Å². The molecule has 3 aromatic carbocycles. The molecule has 1 aliphatic rings. The number of nitrogens with zero attached hydrogens (tertiary/aromatic N) is 3. The number of carbonyl (C=O) groups excluding carboxylic acids is 2. The molecule has 0 saturated heterocycles. The van der Waals surface area contributed by atoms with Gasteiger partial charge in [0.05, 0.1) is 24.2 Å². The van der Waals surface area contributed by atoms with Gasteiger partial charge in [0.1, 0.15) is 18.3 Å². The fourth-order valence-corrected chi connectivity index (χ4v) is 4.96. The van der Waals surface area contributed by atoms with Gasteiger partial charge in [0.2, 0.25) is 5.91 Å². The molecule has 2 heterocycles. The quantitative estimate of drug-likeness (QED) is 0.342. The Hall–Kier alpha value is -4.32. The maximum absolute atomic E-state index is 14.2. The SMILES string of the molecule is COc1cccc(C(=O)N(CC(=O)N2c3ccccc3-n3cccc3C2c2ccc(C)cc2)C(C)C)c1. The van der Waals surface area contributed by atoms with Crippen LogP contribution in [0.3, 0.4) is 0 Å². The third-order valence-corrected chi connectivity index (χ3v) is 6.89. The van der Waals surface area contributed by atoms with Gasteiger partial charge in [-0.1, -0.05) is 48.0 Å². The zero-order valence-corrected chi connectivity index (χ0v) is 21.6. The molecule has 6 nitrogen and oxygen atoms in total. The molecular formula is C31H31N3O3. The maximum Gasteiger partial charge on any atom is 0.254 e. The monoisotopic (exact) mass is 493 g/mol. The number of rotatable bonds is 6. The van der Waals surface area contributed by atoms with Crippen molar-refractivity contribution in [2.45, 2.75) is 32.9 Å². The van der Waals surface area contributed by atoms with Gasteiger partial charge in [0.15, 0.2) is 0 Å². The van der Waals surface area contributed by atoms with Crippen LogP contribution in [0.15, 0.2) is 91.1 Å².